The third kappa shape index (κ3) is 3.80. The summed E-state index contributed by atoms with van der Waals surface area (Å²) >= 11 is 0. The molecule has 1 atom stereocenters. The van der Waals surface area contributed by atoms with Crippen molar-refractivity contribution in [1.29, 1.82) is 0 Å². The van der Waals surface area contributed by atoms with E-state index in [1.54, 1.807) is 7.05 Å². The Hall–Kier alpha value is -4.33. The second-order valence-electron chi connectivity index (χ2n) is 9.71. The van der Waals surface area contributed by atoms with Crippen LogP contribution in [0.1, 0.15) is 19.4 Å². The van der Waals surface area contributed by atoms with E-state index >= 15 is 0 Å². The molecule has 1 aliphatic rings. The van der Waals surface area contributed by atoms with Gasteiger partial charge in [0.15, 0.2) is 11.2 Å². The first-order valence-corrected chi connectivity index (χ1v) is 12.6. The first-order valence-electron chi connectivity index (χ1n) is 12.6. The third-order valence-electron chi connectivity index (χ3n) is 7.11. The minimum Gasteiger partial charge on any atom is -0.494 e. The van der Waals surface area contributed by atoms with E-state index in [9.17, 15) is 9.59 Å². The highest BCUT2D eigenvalue weighted by Gasteiger charge is 2.30. The Kier molecular flexibility index (Phi) is 5.59. The van der Waals surface area contributed by atoms with Gasteiger partial charge in [-0.15, -0.1) is 0 Å². The van der Waals surface area contributed by atoms with Crippen LogP contribution in [0.5, 0.6) is 5.75 Å². The van der Waals surface area contributed by atoms with Crippen molar-refractivity contribution in [2.75, 3.05) is 18.1 Å². The van der Waals surface area contributed by atoms with Gasteiger partial charge in [0.05, 0.1) is 13.2 Å². The molecule has 0 radical (unpaired) electrons. The van der Waals surface area contributed by atoms with Gasteiger partial charge in [-0.05, 0) is 53.4 Å². The molecule has 2 aromatic heterocycles. The molecule has 3 heterocycles. The number of fused-ring (bicyclic) bond motifs is 4. The highest BCUT2D eigenvalue weighted by molar-refractivity contribution is 5.85. The van der Waals surface area contributed by atoms with E-state index in [1.807, 2.05) is 78.2 Å². The molecule has 8 heteroatoms. The summed E-state index contributed by atoms with van der Waals surface area (Å²) in [6.07, 6.45) is 0. The average Bonchev–Trinajstić information content (AvgIpc) is 3.30. The van der Waals surface area contributed by atoms with E-state index in [0.29, 0.717) is 30.3 Å². The fraction of sp³-hybridized carbons (Fsp3) is 0.276. The molecule has 0 spiro atoms. The summed E-state index contributed by atoms with van der Waals surface area (Å²) < 4.78 is 10.4. The van der Waals surface area contributed by atoms with Crippen LogP contribution in [0.3, 0.4) is 0 Å². The Morgan fingerprint density at radius 3 is 2.51 bits per heavy atom. The fourth-order valence-corrected chi connectivity index (χ4v) is 5.35. The standard InChI is InChI=1S/C29H29N5O3/c1-4-37-23-14-12-22(13-15-23)32-16-19(2)17-33-25-26(30-28(32)33)31(3)29(36)34(27(25)35)18-21-10-7-9-20-8-5-6-11-24(20)21/h5-15,19H,4,16-18H2,1-3H3/t19-/m1/s1. The van der Waals surface area contributed by atoms with Crippen LogP contribution in [0.15, 0.2) is 76.3 Å². The number of hydrogen-bond donors (Lipinski definition) is 0. The number of imidazole rings is 1. The molecule has 37 heavy (non-hydrogen) atoms. The van der Waals surface area contributed by atoms with E-state index in [1.165, 1.54) is 9.13 Å². The topological polar surface area (TPSA) is 74.3 Å². The summed E-state index contributed by atoms with van der Waals surface area (Å²) in [6.45, 7) is 6.33. The molecule has 6 rings (SSSR count). The number of anilines is 2. The van der Waals surface area contributed by atoms with Crippen molar-refractivity contribution in [3.8, 4) is 5.75 Å². The van der Waals surface area contributed by atoms with Crippen LogP contribution in [0.25, 0.3) is 21.9 Å². The van der Waals surface area contributed by atoms with Crippen LogP contribution in [0.2, 0.25) is 0 Å². The molecule has 3 aromatic carbocycles. The Morgan fingerprint density at radius 2 is 1.73 bits per heavy atom. The maximum atomic E-state index is 13.9. The number of ether oxygens (including phenoxy) is 1. The minimum absolute atomic E-state index is 0.196. The largest absolute Gasteiger partial charge is 0.494 e. The van der Waals surface area contributed by atoms with E-state index in [0.717, 1.165) is 34.3 Å². The van der Waals surface area contributed by atoms with E-state index in [4.69, 9.17) is 9.72 Å². The van der Waals surface area contributed by atoms with Crippen molar-refractivity contribution in [3.05, 3.63) is 93.1 Å². The second kappa shape index (κ2) is 8.96. The summed E-state index contributed by atoms with van der Waals surface area (Å²) in [5, 5.41) is 2.11. The summed E-state index contributed by atoms with van der Waals surface area (Å²) in [5.74, 6) is 1.76. The van der Waals surface area contributed by atoms with Gasteiger partial charge in [0.2, 0.25) is 5.95 Å². The summed E-state index contributed by atoms with van der Waals surface area (Å²) in [5.41, 5.74) is 2.07. The highest BCUT2D eigenvalue weighted by Crippen LogP contribution is 2.33. The lowest BCUT2D eigenvalue weighted by Gasteiger charge is -2.33. The fourth-order valence-electron chi connectivity index (χ4n) is 5.35. The van der Waals surface area contributed by atoms with Crippen LogP contribution < -0.4 is 20.9 Å². The molecular formula is C29H29N5O3. The lowest BCUT2D eigenvalue weighted by Crippen LogP contribution is -2.40. The predicted octanol–water partition coefficient (Wildman–Crippen LogP) is 4.28. The smallest absolute Gasteiger partial charge is 0.332 e. The molecule has 8 nitrogen and oxygen atoms in total. The first-order chi connectivity index (χ1) is 18.0. The number of nitrogens with zero attached hydrogens (tertiary/aromatic N) is 5. The van der Waals surface area contributed by atoms with Gasteiger partial charge in [-0.1, -0.05) is 49.4 Å². The number of aromatic nitrogens is 4. The zero-order chi connectivity index (χ0) is 25.7. The van der Waals surface area contributed by atoms with Crippen LogP contribution in [-0.2, 0) is 20.1 Å². The first kappa shape index (κ1) is 23.1. The lowest BCUT2D eigenvalue weighted by molar-refractivity contribution is 0.340. The van der Waals surface area contributed by atoms with E-state index in [-0.39, 0.29) is 23.7 Å². The third-order valence-corrected chi connectivity index (χ3v) is 7.11. The minimum atomic E-state index is -0.374. The van der Waals surface area contributed by atoms with Crippen molar-refractivity contribution >= 4 is 33.6 Å². The SMILES string of the molecule is CCOc1ccc(N2C[C@@H](C)Cn3c2nc2c3c(=O)n(Cc3cccc4ccccc34)c(=O)n2C)cc1. The van der Waals surface area contributed by atoms with Gasteiger partial charge < -0.3 is 14.2 Å². The van der Waals surface area contributed by atoms with Gasteiger partial charge in [0, 0.05) is 25.8 Å². The molecule has 0 amide bonds. The number of hydrogen-bond acceptors (Lipinski definition) is 5. The van der Waals surface area contributed by atoms with Crippen molar-refractivity contribution in [1.82, 2.24) is 18.7 Å². The molecule has 0 saturated heterocycles. The second-order valence-corrected chi connectivity index (χ2v) is 9.71. The maximum Gasteiger partial charge on any atom is 0.332 e. The van der Waals surface area contributed by atoms with Crippen molar-refractivity contribution < 1.29 is 4.74 Å². The van der Waals surface area contributed by atoms with Gasteiger partial charge >= 0.3 is 5.69 Å². The van der Waals surface area contributed by atoms with Crippen molar-refractivity contribution in [2.45, 2.75) is 26.9 Å². The highest BCUT2D eigenvalue weighted by atomic mass is 16.5. The van der Waals surface area contributed by atoms with Crippen molar-refractivity contribution in [3.63, 3.8) is 0 Å². The molecule has 0 N–H and O–H groups in total. The van der Waals surface area contributed by atoms with Gasteiger partial charge in [0.1, 0.15) is 5.75 Å². The van der Waals surface area contributed by atoms with E-state index < -0.39 is 0 Å². The monoisotopic (exact) mass is 495 g/mol. The molecule has 0 unspecified atom stereocenters. The van der Waals surface area contributed by atoms with Crippen LogP contribution in [0, 0.1) is 5.92 Å². The van der Waals surface area contributed by atoms with Crippen molar-refractivity contribution in [2.24, 2.45) is 13.0 Å². The van der Waals surface area contributed by atoms with Gasteiger partial charge in [0.25, 0.3) is 5.56 Å². The van der Waals surface area contributed by atoms with Crippen LogP contribution in [-0.4, -0.2) is 31.8 Å². The Morgan fingerprint density at radius 1 is 0.973 bits per heavy atom. The molecule has 0 bridgehead atoms. The summed E-state index contributed by atoms with van der Waals surface area (Å²) in [7, 11) is 1.69. The zero-order valence-corrected chi connectivity index (χ0v) is 21.2. The Bertz CT molecular complexity index is 1740. The quantitative estimate of drug-likeness (QED) is 0.364. The molecule has 1 aliphatic heterocycles. The van der Waals surface area contributed by atoms with E-state index in [2.05, 4.69) is 11.8 Å². The predicted molar refractivity (Wildman–Crippen MR) is 146 cm³/mol. The average molecular weight is 496 g/mol. The molecular weight excluding hydrogens is 466 g/mol. The van der Waals surface area contributed by atoms with Gasteiger partial charge in [-0.3, -0.25) is 13.9 Å². The van der Waals surface area contributed by atoms with Gasteiger partial charge in [-0.25, -0.2) is 4.79 Å². The van der Waals surface area contributed by atoms with Crippen LogP contribution in [0.4, 0.5) is 11.6 Å². The number of benzene rings is 3. The zero-order valence-electron chi connectivity index (χ0n) is 21.2. The summed E-state index contributed by atoms with van der Waals surface area (Å²) in [6, 6.07) is 21.9. The molecule has 0 saturated carbocycles. The Balaban J connectivity index is 1.51. The summed E-state index contributed by atoms with van der Waals surface area (Å²) in [4.78, 5) is 34.3. The Labute approximate surface area is 214 Å². The number of rotatable bonds is 5. The molecule has 0 fully saturated rings. The lowest BCUT2D eigenvalue weighted by atomic mass is 10.0. The van der Waals surface area contributed by atoms with Gasteiger partial charge in [-0.2, -0.15) is 4.98 Å². The van der Waals surface area contributed by atoms with Crippen LogP contribution >= 0.6 is 0 Å². The molecule has 0 aliphatic carbocycles. The number of aryl methyl sites for hydroxylation is 1. The molecule has 188 valence electrons. The molecule has 5 aromatic rings. The normalized spacial score (nSPS) is 15.3. The maximum absolute atomic E-state index is 13.9.